The van der Waals surface area contributed by atoms with Crippen LogP contribution in [0.3, 0.4) is 0 Å². The third kappa shape index (κ3) is 4.26. The number of benzene rings is 1. The Labute approximate surface area is 101 Å². The van der Waals surface area contributed by atoms with Crippen molar-refractivity contribution in [2.75, 3.05) is 6.61 Å². The Morgan fingerprint density at radius 1 is 1.12 bits per heavy atom. The molecule has 1 aromatic rings. The van der Waals surface area contributed by atoms with Gasteiger partial charge < -0.3 is 4.74 Å². The normalized spacial score (nSPS) is 11.4. The largest absolute Gasteiger partial charge is 0.493 e. The van der Waals surface area contributed by atoms with E-state index in [1.165, 1.54) is 23.1 Å². The van der Waals surface area contributed by atoms with Crippen molar-refractivity contribution >= 4 is 0 Å². The molecule has 0 aromatic heterocycles. The van der Waals surface area contributed by atoms with Crippen molar-refractivity contribution in [1.29, 1.82) is 0 Å². The summed E-state index contributed by atoms with van der Waals surface area (Å²) in [5, 5.41) is 0. The Morgan fingerprint density at radius 2 is 1.69 bits per heavy atom. The Hall–Kier alpha value is -0.980. The number of ether oxygens (including phenoxy) is 1. The van der Waals surface area contributed by atoms with Crippen molar-refractivity contribution < 1.29 is 4.74 Å². The average Bonchev–Trinajstić information content (AvgIpc) is 2.70. The van der Waals surface area contributed by atoms with Crippen LogP contribution in [0, 0.1) is 13.8 Å². The third-order valence-corrected chi connectivity index (χ3v) is 2.11. The van der Waals surface area contributed by atoms with Gasteiger partial charge in [-0.1, -0.05) is 51.8 Å². The molecule has 0 radical (unpaired) electrons. The van der Waals surface area contributed by atoms with Crippen molar-refractivity contribution in [3.63, 3.8) is 0 Å². The highest BCUT2D eigenvalue weighted by molar-refractivity contribution is 5.45. The molecule has 0 fully saturated rings. The van der Waals surface area contributed by atoms with E-state index in [4.69, 9.17) is 4.74 Å². The van der Waals surface area contributed by atoms with Gasteiger partial charge in [0.15, 0.2) is 0 Å². The first-order valence-corrected chi connectivity index (χ1v) is 6.42. The molecular formula is C15H26O. The first-order valence-electron chi connectivity index (χ1n) is 6.42. The van der Waals surface area contributed by atoms with Gasteiger partial charge in [-0.2, -0.15) is 0 Å². The zero-order valence-electron chi connectivity index (χ0n) is 11.7. The Balaban J connectivity index is 0.000000394. The van der Waals surface area contributed by atoms with Crippen LogP contribution in [0.5, 0.6) is 5.75 Å². The van der Waals surface area contributed by atoms with Crippen molar-refractivity contribution in [2.24, 2.45) is 0 Å². The monoisotopic (exact) mass is 222 g/mol. The molecule has 1 heterocycles. The summed E-state index contributed by atoms with van der Waals surface area (Å²) in [6, 6.07) is 4.39. The summed E-state index contributed by atoms with van der Waals surface area (Å²) < 4.78 is 5.48. The first kappa shape index (κ1) is 15.0. The molecule has 1 aliphatic rings. The van der Waals surface area contributed by atoms with Gasteiger partial charge in [-0.25, -0.2) is 0 Å². The fourth-order valence-corrected chi connectivity index (χ4v) is 1.70. The van der Waals surface area contributed by atoms with Gasteiger partial charge in [0.2, 0.25) is 0 Å². The van der Waals surface area contributed by atoms with Gasteiger partial charge in [-0.05, 0) is 25.0 Å². The summed E-state index contributed by atoms with van der Waals surface area (Å²) in [5.41, 5.74) is 3.99. The molecule has 92 valence electrons. The highest BCUT2D eigenvalue weighted by atomic mass is 16.5. The maximum absolute atomic E-state index is 5.48. The lowest BCUT2D eigenvalue weighted by Crippen LogP contribution is -1.87. The molecule has 0 aliphatic carbocycles. The van der Waals surface area contributed by atoms with Crippen LogP contribution in [-0.4, -0.2) is 6.61 Å². The van der Waals surface area contributed by atoms with Crippen LogP contribution in [0.4, 0.5) is 0 Å². The minimum atomic E-state index is 0.861. The lowest BCUT2D eigenvalue weighted by Gasteiger charge is -2.03. The second-order valence-electron chi connectivity index (χ2n) is 3.88. The second-order valence-corrected chi connectivity index (χ2v) is 3.88. The SMILES string of the molecule is CC.CCC.Cc1cc(C)c2c(c1)CCO2. The van der Waals surface area contributed by atoms with Gasteiger partial charge in [0.25, 0.3) is 0 Å². The Kier molecular flexibility index (Phi) is 7.70. The van der Waals surface area contributed by atoms with Gasteiger partial charge in [-0.3, -0.25) is 0 Å². The first-order chi connectivity index (χ1) is 7.69. The van der Waals surface area contributed by atoms with E-state index in [1.54, 1.807) is 0 Å². The third-order valence-electron chi connectivity index (χ3n) is 2.11. The number of rotatable bonds is 0. The van der Waals surface area contributed by atoms with E-state index in [2.05, 4.69) is 39.8 Å². The average molecular weight is 222 g/mol. The highest BCUT2D eigenvalue weighted by Gasteiger charge is 2.13. The maximum atomic E-state index is 5.48. The summed E-state index contributed by atoms with van der Waals surface area (Å²) in [7, 11) is 0. The zero-order chi connectivity index (χ0) is 12.6. The summed E-state index contributed by atoms with van der Waals surface area (Å²) >= 11 is 0. The molecule has 1 heteroatoms. The highest BCUT2D eigenvalue weighted by Crippen LogP contribution is 2.29. The molecule has 2 rings (SSSR count). The van der Waals surface area contributed by atoms with Gasteiger partial charge in [0, 0.05) is 6.42 Å². The predicted molar refractivity (Wildman–Crippen MR) is 72.4 cm³/mol. The van der Waals surface area contributed by atoms with E-state index in [9.17, 15) is 0 Å². The molecule has 0 saturated heterocycles. The molecule has 0 atom stereocenters. The van der Waals surface area contributed by atoms with Crippen LogP contribution < -0.4 is 4.74 Å². The molecule has 0 N–H and O–H groups in total. The van der Waals surface area contributed by atoms with Crippen molar-refractivity contribution in [1.82, 2.24) is 0 Å². The van der Waals surface area contributed by atoms with Gasteiger partial charge >= 0.3 is 0 Å². The molecule has 1 nitrogen and oxygen atoms in total. The molecule has 0 amide bonds. The number of hydrogen-bond donors (Lipinski definition) is 0. The summed E-state index contributed by atoms with van der Waals surface area (Å²) in [4.78, 5) is 0. The lowest BCUT2D eigenvalue weighted by atomic mass is 10.1. The topological polar surface area (TPSA) is 9.23 Å². The molecule has 16 heavy (non-hydrogen) atoms. The smallest absolute Gasteiger partial charge is 0.125 e. The Bertz CT molecular complexity index is 303. The fraction of sp³-hybridized carbons (Fsp3) is 0.600. The van der Waals surface area contributed by atoms with Crippen LogP contribution >= 0.6 is 0 Å². The van der Waals surface area contributed by atoms with E-state index < -0.39 is 0 Å². The molecular weight excluding hydrogens is 196 g/mol. The van der Waals surface area contributed by atoms with Crippen LogP contribution in [-0.2, 0) is 6.42 Å². The van der Waals surface area contributed by atoms with Crippen molar-refractivity contribution in [3.05, 3.63) is 28.8 Å². The van der Waals surface area contributed by atoms with Crippen molar-refractivity contribution in [2.45, 2.75) is 54.4 Å². The van der Waals surface area contributed by atoms with E-state index >= 15 is 0 Å². The molecule has 1 aromatic carbocycles. The lowest BCUT2D eigenvalue weighted by molar-refractivity contribution is 0.354. The summed E-state index contributed by atoms with van der Waals surface area (Å²) in [5.74, 6) is 1.12. The minimum absolute atomic E-state index is 0.861. The number of hydrogen-bond acceptors (Lipinski definition) is 1. The summed E-state index contributed by atoms with van der Waals surface area (Å²) in [6.45, 7) is 13.3. The fourth-order valence-electron chi connectivity index (χ4n) is 1.70. The van der Waals surface area contributed by atoms with Gasteiger partial charge in [0.1, 0.15) is 5.75 Å². The van der Waals surface area contributed by atoms with Crippen LogP contribution in [0.1, 0.15) is 50.8 Å². The van der Waals surface area contributed by atoms with Crippen LogP contribution in [0.2, 0.25) is 0 Å². The van der Waals surface area contributed by atoms with Gasteiger partial charge in [-0.15, -0.1) is 0 Å². The van der Waals surface area contributed by atoms with E-state index in [0.717, 1.165) is 18.8 Å². The quantitative estimate of drug-likeness (QED) is 0.619. The van der Waals surface area contributed by atoms with E-state index in [0.29, 0.717) is 0 Å². The zero-order valence-corrected chi connectivity index (χ0v) is 11.7. The summed E-state index contributed by atoms with van der Waals surface area (Å²) in [6.07, 6.45) is 2.33. The van der Waals surface area contributed by atoms with E-state index in [-0.39, 0.29) is 0 Å². The molecule has 1 aliphatic heterocycles. The minimum Gasteiger partial charge on any atom is -0.493 e. The maximum Gasteiger partial charge on any atom is 0.125 e. The van der Waals surface area contributed by atoms with Crippen LogP contribution in [0.15, 0.2) is 12.1 Å². The molecule has 0 unspecified atom stereocenters. The standard InChI is InChI=1S/C10H12O.C3H8.C2H6/c1-7-5-8(2)10-9(6-7)3-4-11-10;1-3-2;1-2/h5-6H,3-4H2,1-2H3;3H2,1-2H3;1-2H3. The van der Waals surface area contributed by atoms with Crippen LogP contribution in [0.25, 0.3) is 0 Å². The van der Waals surface area contributed by atoms with E-state index in [1.807, 2.05) is 13.8 Å². The predicted octanol–water partition coefficient (Wildman–Crippen LogP) is 4.68. The second kappa shape index (κ2) is 8.20. The molecule has 0 bridgehead atoms. The Morgan fingerprint density at radius 3 is 2.25 bits per heavy atom. The molecule has 0 saturated carbocycles. The molecule has 0 spiro atoms. The number of aryl methyl sites for hydroxylation is 2. The van der Waals surface area contributed by atoms with Crippen molar-refractivity contribution in [3.8, 4) is 5.75 Å². The number of fused-ring (bicyclic) bond motifs is 1. The van der Waals surface area contributed by atoms with Gasteiger partial charge in [0.05, 0.1) is 6.61 Å².